The van der Waals surface area contributed by atoms with Gasteiger partial charge in [-0.2, -0.15) is 0 Å². The highest BCUT2D eigenvalue weighted by molar-refractivity contribution is 5.74. The molecule has 1 aromatic carbocycles. The molecule has 0 unspecified atom stereocenters. The number of ether oxygens (including phenoxy) is 1. The van der Waals surface area contributed by atoms with Gasteiger partial charge in [0.05, 0.1) is 0 Å². The maximum absolute atomic E-state index is 12.2. The molecule has 26 heavy (non-hydrogen) atoms. The van der Waals surface area contributed by atoms with E-state index in [1.165, 1.54) is 63.4 Å². The van der Waals surface area contributed by atoms with Crippen LogP contribution in [0.25, 0.3) is 0 Å². The third-order valence-electron chi connectivity index (χ3n) is 5.46. The maximum atomic E-state index is 12.2. The highest BCUT2D eigenvalue weighted by Crippen LogP contribution is 2.20. The van der Waals surface area contributed by atoms with E-state index in [4.69, 9.17) is 4.74 Å². The van der Waals surface area contributed by atoms with Crippen molar-refractivity contribution in [3.8, 4) is 5.75 Å². The van der Waals surface area contributed by atoms with Crippen LogP contribution in [0.5, 0.6) is 5.75 Å². The van der Waals surface area contributed by atoms with Crippen LogP contribution in [0.4, 0.5) is 4.79 Å². The number of hydrogen-bond acceptors (Lipinski definition) is 2. The van der Waals surface area contributed by atoms with Crippen molar-refractivity contribution in [1.29, 1.82) is 0 Å². The lowest BCUT2D eigenvalue weighted by Gasteiger charge is -2.20. The first kappa shape index (κ1) is 20.6. The van der Waals surface area contributed by atoms with E-state index in [2.05, 4.69) is 23.6 Å². The molecule has 1 aromatic rings. The van der Waals surface area contributed by atoms with Crippen LogP contribution in [0.15, 0.2) is 18.2 Å². The predicted molar refractivity (Wildman–Crippen MR) is 108 cm³/mol. The SMILES string of the molecule is Cc1cccc(OCNC(=O)NC2CCCCCCCCCCC2)c1C. The molecule has 1 saturated carbocycles. The fraction of sp³-hybridized carbons (Fsp3) is 0.682. The normalized spacial score (nSPS) is 17.6. The number of nitrogens with one attached hydrogen (secondary N) is 2. The van der Waals surface area contributed by atoms with Crippen molar-refractivity contribution in [2.45, 2.75) is 90.5 Å². The summed E-state index contributed by atoms with van der Waals surface area (Å²) in [5.74, 6) is 0.830. The zero-order valence-corrected chi connectivity index (χ0v) is 16.6. The Hall–Kier alpha value is -1.71. The van der Waals surface area contributed by atoms with Gasteiger partial charge in [0, 0.05) is 6.04 Å². The van der Waals surface area contributed by atoms with Gasteiger partial charge in [0.2, 0.25) is 0 Å². The van der Waals surface area contributed by atoms with E-state index in [-0.39, 0.29) is 18.8 Å². The summed E-state index contributed by atoms with van der Waals surface area (Å²) >= 11 is 0. The number of amides is 2. The van der Waals surface area contributed by atoms with Crippen molar-refractivity contribution in [2.75, 3.05) is 6.73 Å². The number of hydrogen-bond donors (Lipinski definition) is 2. The lowest BCUT2D eigenvalue weighted by Crippen LogP contribution is -2.43. The molecule has 0 bridgehead atoms. The fourth-order valence-corrected chi connectivity index (χ4v) is 3.60. The highest BCUT2D eigenvalue weighted by Gasteiger charge is 2.12. The number of carbonyl (C=O) groups is 1. The molecule has 0 heterocycles. The van der Waals surface area contributed by atoms with E-state index in [9.17, 15) is 4.79 Å². The smallest absolute Gasteiger partial charge is 0.317 e. The summed E-state index contributed by atoms with van der Waals surface area (Å²) in [6.07, 6.45) is 14.0. The molecule has 2 rings (SSSR count). The zero-order chi connectivity index (χ0) is 18.6. The summed E-state index contributed by atoms with van der Waals surface area (Å²) in [5, 5.41) is 5.99. The number of aryl methyl sites for hydroxylation is 1. The second-order valence-electron chi connectivity index (χ2n) is 7.59. The van der Waals surface area contributed by atoms with E-state index >= 15 is 0 Å². The molecule has 2 amide bonds. The van der Waals surface area contributed by atoms with Gasteiger partial charge in [-0.3, -0.25) is 0 Å². The van der Waals surface area contributed by atoms with Gasteiger partial charge < -0.3 is 15.4 Å². The van der Waals surface area contributed by atoms with Gasteiger partial charge in [-0.25, -0.2) is 4.79 Å². The van der Waals surface area contributed by atoms with Crippen molar-refractivity contribution < 1.29 is 9.53 Å². The minimum atomic E-state index is -0.118. The summed E-state index contributed by atoms with van der Waals surface area (Å²) in [6, 6.07) is 6.14. The summed E-state index contributed by atoms with van der Waals surface area (Å²) < 4.78 is 5.72. The number of benzene rings is 1. The summed E-state index contributed by atoms with van der Waals surface area (Å²) in [4.78, 5) is 12.2. The van der Waals surface area contributed by atoms with E-state index in [1.54, 1.807) is 0 Å². The van der Waals surface area contributed by atoms with E-state index in [1.807, 2.05) is 19.1 Å². The number of urea groups is 1. The Kier molecular flexibility index (Phi) is 9.36. The molecule has 2 N–H and O–H groups in total. The maximum Gasteiger partial charge on any atom is 0.317 e. The van der Waals surface area contributed by atoms with Crippen LogP contribution in [-0.4, -0.2) is 18.8 Å². The molecule has 4 heteroatoms. The quantitative estimate of drug-likeness (QED) is 0.685. The van der Waals surface area contributed by atoms with Crippen LogP contribution in [0.3, 0.4) is 0 Å². The second kappa shape index (κ2) is 11.8. The Morgan fingerprint density at radius 2 is 1.54 bits per heavy atom. The summed E-state index contributed by atoms with van der Waals surface area (Å²) in [5.41, 5.74) is 2.31. The Morgan fingerprint density at radius 3 is 2.15 bits per heavy atom. The third-order valence-corrected chi connectivity index (χ3v) is 5.46. The molecule has 0 spiro atoms. The lowest BCUT2D eigenvalue weighted by molar-refractivity contribution is 0.218. The monoisotopic (exact) mass is 360 g/mol. The van der Waals surface area contributed by atoms with Gasteiger partial charge in [-0.1, -0.05) is 69.9 Å². The Bertz CT molecular complexity index is 533. The molecule has 146 valence electrons. The first-order valence-electron chi connectivity index (χ1n) is 10.4. The van der Waals surface area contributed by atoms with Crippen molar-refractivity contribution >= 4 is 6.03 Å². The first-order chi connectivity index (χ1) is 12.7. The molecule has 0 atom stereocenters. The minimum Gasteiger partial charge on any atom is -0.473 e. The van der Waals surface area contributed by atoms with Crippen LogP contribution < -0.4 is 15.4 Å². The molecule has 1 aliphatic carbocycles. The Balaban J connectivity index is 1.72. The van der Waals surface area contributed by atoms with Gasteiger partial charge >= 0.3 is 6.03 Å². The van der Waals surface area contributed by atoms with E-state index < -0.39 is 0 Å². The molecule has 0 aliphatic heterocycles. The van der Waals surface area contributed by atoms with Gasteiger partial charge in [0.15, 0.2) is 6.73 Å². The van der Waals surface area contributed by atoms with E-state index in [0.29, 0.717) is 0 Å². The molecule has 1 aliphatic rings. The van der Waals surface area contributed by atoms with Gasteiger partial charge in [0.1, 0.15) is 5.75 Å². The Morgan fingerprint density at radius 1 is 0.962 bits per heavy atom. The average molecular weight is 361 g/mol. The largest absolute Gasteiger partial charge is 0.473 e. The topological polar surface area (TPSA) is 50.4 Å². The van der Waals surface area contributed by atoms with Gasteiger partial charge in [-0.15, -0.1) is 0 Å². The molecule has 0 saturated heterocycles. The molecule has 1 fully saturated rings. The highest BCUT2D eigenvalue weighted by atomic mass is 16.5. The standard InChI is InChI=1S/C22H36N2O2/c1-18-13-12-16-21(19(18)2)26-17-23-22(25)24-20-14-10-8-6-4-3-5-7-9-11-15-20/h12-13,16,20H,3-11,14-15,17H2,1-2H3,(H2,23,24,25). The summed E-state index contributed by atoms with van der Waals surface area (Å²) in [7, 11) is 0. The number of carbonyl (C=O) groups excluding carboxylic acids is 1. The van der Waals surface area contributed by atoms with Crippen molar-refractivity contribution in [3.05, 3.63) is 29.3 Å². The van der Waals surface area contributed by atoms with E-state index in [0.717, 1.165) is 24.2 Å². The molecular weight excluding hydrogens is 324 g/mol. The summed E-state index contributed by atoms with van der Waals surface area (Å²) in [6.45, 7) is 4.30. The minimum absolute atomic E-state index is 0.118. The average Bonchev–Trinajstić information content (AvgIpc) is 2.61. The number of rotatable bonds is 4. The van der Waals surface area contributed by atoms with Gasteiger partial charge in [-0.05, 0) is 43.9 Å². The van der Waals surface area contributed by atoms with Crippen molar-refractivity contribution in [1.82, 2.24) is 10.6 Å². The second-order valence-corrected chi connectivity index (χ2v) is 7.59. The molecule has 0 radical (unpaired) electrons. The first-order valence-corrected chi connectivity index (χ1v) is 10.4. The lowest BCUT2D eigenvalue weighted by atomic mass is 9.98. The molecule has 4 nitrogen and oxygen atoms in total. The van der Waals surface area contributed by atoms with Gasteiger partial charge in [0.25, 0.3) is 0 Å². The zero-order valence-electron chi connectivity index (χ0n) is 16.6. The third kappa shape index (κ3) is 7.67. The fourth-order valence-electron chi connectivity index (χ4n) is 3.60. The molecule has 0 aromatic heterocycles. The van der Waals surface area contributed by atoms with Crippen LogP contribution in [0.2, 0.25) is 0 Å². The van der Waals surface area contributed by atoms with Crippen LogP contribution in [0, 0.1) is 13.8 Å². The van der Waals surface area contributed by atoms with Crippen molar-refractivity contribution in [2.24, 2.45) is 0 Å². The predicted octanol–water partition coefficient (Wildman–Crippen LogP) is 5.61. The van der Waals surface area contributed by atoms with Crippen LogP contribution >= 0.6 is 0 Å². The Labute approximate surface area is 159 Å². The molecular formula is C22H36N2O2. The van der Waals surface area contributed by atoms with Crippen LogP contribution in [-0.2, 0) is 0 Å². The van der Waals surface area contributed by atoms with Crippen molar-refractivity contribution in [3.63, 3.8) is 0 Å². The van der Waals surface area contributed by atoms with Crippen LogP contribution in [0.1, 0.15) is 81.8 Å².